The molecular formula is C14H28O. The molecule has 0 N–H and O–H groups in total. The molecule has 0 saturated carbocycles. The Bertz CT molecular complexity index is 127. The van der Waals surface area contributed by atoms with Gasteiger partial charge >= 0.3 is 0 Å². The summed E-state index contributed by atoms with van der Waals surface area (Å²) in [5.41, 5.74) is 0. The van der Waals surface area contributed by atoms with E-state index in [1.54, 1.807) is 0 Å². The number of unbranched alkanes of at least 4 members (excludes halogenated alkanes) is 5. The average molecular weight is 212 g/mol. The summed E-state index contributed by atoms with van der Waals surface area (Å²) >= 11 is 0. The van der Waals surface area contributed by atoms with Crippen LogP contribution < -0.4 is 0 Å². The van der Waals surface area contributed by atoms with Crippen LogP contribution in [0.2, 0.25) is 0 Å². The van der Waals surface area contributed by atoms with Crippen molar-refractivity contribution in [2.45, 2.75) is 71.3 Å². The lowest BCUT2D eigenvalue weighted by Gasteiger charge is -1.90. The Kier molecular flexibility index (Phi) is 11.5. The van der Waals surface area contributed by atoms with Gasteiger partial charge in [-0.15, -0.1) is 6.58 Å². The van der Waals surface area contributed by atoms with Crippen molar-refractivity contribution in [3.63, 3.8) is 0 Å². The monoisotopic (exact) mass is 212 g/mol. The molecule has 0 aromatic carbocycles. The summed E-state index contributed by atoms with van der Waals surface area (Å²) in [6.07, 6.45) is 13.2. The zero-order valence-corrected chi connectivity index (χ0v) is 10.6. The van der Waals surface area contributed by atoms with Gasteiger partial charge in [-0.2, -0.15) is 0 Å². The molecule has 0 bridgehead atoms. The van der Waals surface area contributed by atoms with Crippen LogP contribution in [0.15, 0.2) is 12.7 Å². The van der Waals surface area contributed by atoms with Gasteiger partial charge in [-0.25, -0.2) is 0 Å². The topological polar surface area (TPSA) is 12.5 Å². The first-order valence-electron chi connectivity index (χ1n) is 6.57. The van der Waals surface area contributed by atoms with Crippen molar-refractivity contribution in [3.05, 3.63) is 12.7 Å². The summed E-state index contributed by atoms with van der Waals surface area (Å²) in [6, 6.07) is 0. The largest absolute Gasteiger partial charge is 0.373 e. The summed E-state index contributed by atoms with van der Waals surface area (Å²) in [7, 11) is 0. The highest BCUT2D eigenvalue weighted by atomic mass is 16.6. The van der Waals surface area contributed by atoms with E-state index >= 15 is 0 Å². The van der Waals surface area contributed by atoms with E-state index in [2.05, 4.69) is 20.4 Å². The number of allylic oxidation sites excluding steroid dienone is 1. The normalized spacial score (nSPS) is 17.9. The molecule has 1 saturated heterocycles. The molecule has 1 heteroatoms. The van der Waals surface area contributed by atoms with Crippen molar-refractivity contribution in [2.24, 2.45) is 0 Å². The Morgan fingerprint density at radius 2 is 1.73 bits per heavy atom. The van der Waals surface area contributed by atoms with E-state index in [1.165, 1.54) is 51.4 Å². The van der Waals surface area contributed by atoms with Gasteiger partial charge in [0.2, 0.25) is 0 Å². The fourth-order valence-electron chi connectivity index (χ4n) is 1.40. The van der Waals surface area contributed by atoms with Crippen molar-refractivity contribution < 1.29 is 4.74 Å². The minimum absolute atomic E-state index is 0.654. The molecular weight excluding hydrogens is 184 g/mol. The quantitative estimate of drug-likeness (QED) is 0.322. The van der Waals surface area contributed by atoms with E-state index in [4.69, 9.17) is 4.74 Å². The molecule has 0 amide bonds. The summed E-state index contributed by atoms with van der Waals surface area (Å²) in [4.78, 5) is 0. The van der Waals surface area contributed by atoms with Gasteiger partial charge in [0.15, 0.2) is 0 Å². The highest BCUT2D eigenvalue weighted by Crippen LogP contribution is 2.16. The van der Waals surface area contributed by atoms with Crippen LogP contribution in [0.5, 0.6) is 0 Å². The molecule has 1 atom stereocenters. The maximum Gasteiger partial charge on any atom is 0.0810 e. The van der Waals surface area contributed by atoms with Crippen LogP contribution in [0.3, 0.4) is 0 Å². The van der Waals surface area contributed by atoms with Crippen LogP contribution in [0, 0.1) is 0 Å². The molecule has 1 fully saturated rings. The van der Waals surface area contributed by atoms with Crippen molar-refractivity contribution in [1.82, 2.24) is 0 Å². The molecule has 1 aliphatic rings. The molecule has 1 unspecified atom stereocenters. The fourth-order valence-corrected chi connectivity index (χ4v) is 1.40. The smallest absolute Gasteiger partial charge is 0.0810 e. The third-order valence-electron chi connectivity index (χ3n) is 2.54. The standard InChI is InChI=1S/C7H14O.C7H14/c1-2-3-4-5-7-6-8-7;1-3-5-7-6-4-2/h7H,2-6H2,1H3;3H,1,4-7H2,2H3. The van der Waals surface area contributed by atoms with Gasteiger partial charge in [0.1, 0.15) is 0 Å². The molecule has 1 aliphatic heterocycles. The molecule has 0 aliphatic carbocycles. The van der Waals surface area contributed by atoms with Gasteiger partial charge in [-0.3, -0.25) is 0 Å². The van der Waals surface area contributed by atoms with Gasteiger partial charge < -0.3 is 4.74 Å². The van der Waals surface area contributed by atoms with E-state index in [1.807, 2.05) is 6.08 Å². The summed E-state index contributed by atoms with van der Waals surface area (Å²) in [6.45, 7) is 9.11. The second-order valence-corrected chi connectivity index (χ2v) is 4.24. The Balaban J connectivity index is 0.000000265. The Morgan fingerprint density at radius 1 is 1.13 bits per heavy atom. The third kappa shape index (κ3) is 13.7. The molecule has 15 heavy (non-hydrogen) atoms. The van der Waals surface area contributed by atoms with Gasteiger partial charge in [-0.1, -0.05) is 52.0 Å². The molecule has 0 aromatic rings. The zero-order chi connectivity index (χ0) is 11.4. The van der Waals surface area contributed by atoms with E-state index in [-0.39, 0.29) is 0 Å². The van der Waals surface area contributed by atoms with Gasteiger partial charge in [-0.05, 0) is 19.3 Å². The van der Waals surface area contributed by atoms with Crippen molar-refractivity contribution in [3.8, 4) is 0 Å². The predicted octanol–water partition coefficient (Wildman–Crippen LogP) is 4.72. The molecule has 0 radical (unpaired) electrons. The second kappa shape index (κ2) is 11.8. The number of rotatable bonds is 8. The zero-order valence-electron chi connectivity index (χ0n) is 10.6. The van der Waals surface area contributed by atoms with Crippen LogP contribution in [-0.4, -0.2) is 12.7 Å². The van der Waals surface area contributed by atoms with E-state index < -0.39 is 0 Å². The number of hydrogen-bond acceptors (Lipinski definition) is 1. The summed E-state index contributed by atoms with van der Waals surface area (Å²) in [5, 5.41) is 0. The SMILES string of the molecule is C=CCCCCC.CCCCCC1CO1. The maximum atomic E-state index is 5.06. The highest BCUT2D eigenvalue weighted by molar-refractivity contribution is 4.67. The average Bonchev–Trinajstić information content (AvgIpc) is 3.04. The first-order chi connectivity index (χ1) is 7.35. The summed E-state index contributed by atoms with van der Waals surface area (Å²) < 4.78 is 5.06. The predicted molar refractivity (Wildman–Crippen MR) is 68.2 cm³/mol. The van der Waals surface area contributed by atoms with E-state index in [0.717, 1.165) is 6.61 Å². The minimum Gasteiger partial charge on any atom is -0.373 e. The number of epoxide rings is 1. The van der Waals surface area contributed by atoms with Crippen LogP contribution in [-0.2, 0) is 4.74 Å². The molecule has 1 nitrogen and oxygen atoms in total. The molecule has 90 valence electrons. The Morgan fingerprint density at radius 3 is 2.20 bits per heavy atom. The lowest BCUT2D eigenvalue weighted by Crippen LogP contribution is -1.83. The minimum atomic E-state index is 0.654. The van der Waals surface area contributed by atoms with Crippen molar-refractivity contribution in [1.29, 1.82) is 0 Å². The second-order valence-electron chi connectivity index (χ2n) is 4.24. The Hall–Kier alpha value is -0.300. The third-order valence-corrected chi connectivity index (χ3v) is 2.54. The van der Waals surface area contributed by atoms with Gasteiger partial charge in [0.25, 0.3) is 0 Å². The van der Waals surface area contributed by atoms with E-state index in [9.17, 15) is 0 Å². The van der Waals surface area contributed by atoms with Crippen molar-refractivity contribution >= 4 is 0 Å². The maximum absolute atomic E-state index is 5.06. The lowest BCUT2D eigenvalue weighted by atomic mass is 10.2. The molecule has 1 rings (SSSR count). The number of ether oxygens (including phenoxy) is 1. The van der Waals surface area contributed by atoms with E-state index in [0.29, 0.717) is 6.10 Å². The molecule has 0 aromatic heterocycles. The van der Waals surface area contributed by atoms with Crippen molar-refractivity contribution in [2.75, 3.05) is 6.61 Å². The Labute approximate surface area is 95.9 Å². The fraction of sp³-hybridized carbons (Fsp3) is 0.857. The first kappa shape index (κ1) is 14.7. The van der Waals surface area contributed by atoms with Crippen LogP contribution in [0.1, 0.15) is 65.2 Å². The van der Waals surface area contributed by atoms with Crippen LogP contribution in [0.25, 0.3) is 0 Å². The van der Waals surface area contributed by atoms with Gasteiger partial charge in [0, 0.05) is 0 Å². The number of hydrogen-bond donors (Lipinski definition) is 0. The molecule has 1 heterocycles. The van der Waals surface area contributed by atoms with Crippen LogP contribution >= 0.6 is 0 Å². The molecule has 0 spiro atoms. The van der Waals surface area contributed by atoms with Crippen LogP contribution in [0.4, 0.5) is 0 Å². The first-order valence-corrected chi connectivity index (χ1v) is 6.57. The highest BCUT2D eigenvalue weighted by Gasteiger charge is 2.20. The lowest BCUT2D eigenvalue weighted by molar-refractivity contribution is 0.389. The summed E-state index contributed by atoms with van der Waals surface area (Å²) in [5.74, 6) is 0. The van der Waals surface area contributed by atoms with Gasteiger partial charge in [0.05, 0.1) is 12.7 Å².